The first-order valence-electron chi connectivity index (χ1n) is 6.93. The predicted octanol–water partition coefficient (Wildman–Crippen LogP) is -2.86. The molecular weight excluding hydrogens is 276 g/mol. The third-order valence-corrected chi connectivity index (χ3v) is 2.60. The molecule has 118 valence electrons. The summed E-state index contributed by atoms with van der Waals surface area (Å²) in [6.07, 6.45) is -9.92. The number of rotatable bonds is 10. The Morgan fingerprint density at radius 3 is 2.25 bits per heavy atom. The molecule has 0 saturated carbocycles. The first-order valence-corrected chi connectivity index (χ1v) is 5.52. The zero-order chi connectivity index (χ0) is 17.3. The van der Waals surface area contributed by atoms with Gasteiger partial charge < -0.3 is 35.0 Å². The number of Topliss-reactive ketones (excluding diaryl/α,β-unsaturated/α-hetero) is 1. The zero-order valence-corrected chi connectivity index (χ0v) is 10.6. The summed E-state index contributed by atoms with van der Waals surface area (Å²) in [5, 5.41) is 47.1. The minimum absolute atomic E-state index is 0.350. The van der Waals surface area contributed by atoms with Crippen LogP contribution >= 0.6 is 0 Å². The fraction of sp³-hybridized carbons (Fsp3) is 0.818. The molecule has 9 heteroatoms. The number of ketones is 1. The molecule has 20 heavy (non-hydrogen) atoms. The summed E-state index contributed by atoms with van der Waals surface area (Å²) in [5.41, 5.74) is 0. The number of methoxy groups -OCH3 is 2. The fourth-order valence-corrected chi connectivity index (χ4v) is 1.41. The second-order valence-corrected chi connectivity index (χ2v) is 4.05. The molecule has 0 spiro atoms. The van der Waals surface area contributed by atoms with Gasteiger partial charge in [-0.05, 0) is 0 Å². The first kappa shape index (κ1) is 15.3. The van der Waals surface area contributed by atoms with Crippen molar-refractivity contribution in [3.05, 3.63) is 0 Å². The third kappa shape index (κ3) is 5.49. The molecule has 0 rings (SSSR count). The number of aliphatic hydroxyl groups excluding tert-OH is 4. The highest BCUT2D eigenvalue weighted by atomic mass is 16.5. The van der Waals surface area contributed by atoms with Crippen molar-refractivity contribution in [2.45, 2.75) is 36.9 Å². The molecule has 0 radical (unpaired) electrons. The summed E-state index contributed by atoms with van der Waals surface area (Å²) < 4.78 is 23.1. The van der Waals surface area contributed by atoms with Gasteiger partial charge in [0.1, 0.15) is 24.4 Å². The number of aliphatic hydroxyl groups is 4. The van der Waals surface area contributed by atoms with E-state index in [0.29, 0.717) is 0 Å². The standard InChI is InChI=1S/C11H20O9/c1-19-4-7(20-2)9(15)10(16)8(14)5(12)3-6(13)11(17)18/h5,7-10,12,14-16H,3-4H2,1-2H3,(H,17,18)/t5-,7+,8+,9+,10+/m0/s1/i1D,2D. The van der Waals surface area contributed by atoms with E-state index in [9.17, 15) is 30.0 Å². The van der Waals surface area contributed by atoms with E-state index in [4.69, 9.17) is 12.6 Å². The average Bonchev–Trinajstić information content (AvgIpc) is 2.48. The molecule has 0 amide bonds. The van der Waals surface area contributed by atoms with Crippen LogP contribution < -0.4 is 0 Å². The van der Waals surface area contributed by atoms with Gasteiger partial charge in [0.2, 0.25) is 5.78 Å². The number of carboxylic acids is 1. The Bertz CT molecular complexity index is 354. The molecule has 0 heterocycles. The third-order valence-electron chi connectivity index (χ3n) is 2.60. The van der Waals surface area contributed by atoms with E-state index < -0.39 is 62.9 Å². The monoisotopic (exact) mass is 298 g/mol. The van der Waals surface area contributed by atoms with Crippen LogP contribution in [0.2, 0.25) is 0 Å². The first-order chi connectivity index (χ1) is 10.3. The summed E-state index contributed by atoms with van der Waals surface area (Å²) in [7, 11) is -1.05. The summed E-state index contributed by atoms with van der Waals surface area (Å²) >= 11 is 0. The van der Waals surface area contributed by atoms with Gasteiger partial charge in [0.05, 0.1) is 15.5 Å². The Balaban J connectivity index is 4.70. The van der Waals surface area contributed by atoms with E-state index in [-0.39, 0.29) is 6.61 Å². The summed E-state index contributed by atoms with van der Waals surface area (Å²) in [6, 6.07) is 0. The van der Waals surface area contributed by atoms with Crippen molar-refractivity contribution in [1.82, 2.24) is 0 Å². The van der Waals surface area contributed by atoms with Crippen LogP contribution in [0.15, 0.2) is 0 Å². The van der Waals surface area contributed by atoms with Gasteiger partial charge in [0, 0.05) is 20.6 Å². The molecule has 0 aromatic heterocycles. The van der Waals surface area contributed by atoms with Crippen LogP contribution in [0.3, 0.4) is 0 Å². The lowest BCUT2D eigenvalue weighted by molar-refractivity contribution is -0.158. The van der Waals surface area contributed by atoms with Crippen molar-refractivity contribution in [2.24, 2.45) is 0 Å². The number of carbonyl (C=O) groups is 2. The molecule has 0 saturated heterocycles. The molecule has 9 nitrogen and oxygen atoms in total. The van der Waals surface area contributed by atoms with E-state index in [1.165, 1.54) is 0 Å². The molecular formula is C11H20O9. The number of ether oxygens (including phenoxy) is 2. The van der Waals surface area contributed by atoms with Gasteiger partial charge in [-0.2, -0.15) is 0 Å². The van der Waals surface area contributed by atoms with Crippen molar-refractivity contribution in [1.29, 1.82) is 0 Å². The summed E-state index contributed by atoms with van der Waals surface area (Å²) in [4.78, 5) is 21.3. The van der Waals surface area contributed by atoms with E-state index in [2.05, 4.69) is 4.74 Å². The molecule has 5 atom stereocenters. The highest BCUT2D eigenvalue weighted by molar-refractivity contribution is 6.32. The fourth-order valence-electron chi connectivity index (χ4n) is 1.41. The second kappa shape index (κ2) is 8.95. The minimum Gasteiger partial charge on any atom is -0.475 e. The van der Waals surface area contributed by atoms with Crippen molar-refractivity contribution in [3.8, 4) is 0 Å². The van der Waals surface area contributed by atoms with Crippen LogP contribution in [0.4, 0.5) is 0 Å². The molecule has 0 aliphatic rings. The largest absolute Gasteiger partial charge is 0.475 e. The van der Waals surface area contributed by atoms with Crippen LogP contribution in [-0.4, -0.2) is 88.6 Å². The molecule has 0 fully saturated rings. The quantitative estimate of drug-likeness (QED) is 0.268. The SMILES string of the molecule is [2H]COC[C@@H](OC[2H])[C@@H](O)[C@H](O)[C@H](O)[C@@H](O)CC(=O)C(=O)O. The van der Waals surface area contributed by atoms with Crippen LogP contribution in [0.25, 0.3) is 0 Å². The van der Waals surface area contributed by atoms with Gasteiger partial charge in [-0.15, -0.1) is 0 Å². The van der Waals surface area contributed by atoms with Gasteiger partial charge in [0.15, 0.2) is 0 Å². The van der Waals surface area contributed by atoms with E-state index in [1.807, 2.05) is 0 Å². The molecule has 0 aliphatic heterocycles. The Kier molecular flexibility index (Phi) is 6.84. The van der Waals surface area contributed by atoms with Crippen LogP contribution in [-0.2, 0) is 19.1 Å². The number of carbonyl (C=O) groups excluding carboxylic acids is 1. The highest BCUT2D eigenvalue weighted by Gasteiger charge is 2.36. The number of aliphatic carboxylic acids is 1. The maximum Gasteiger partial charge on any atom is 0.372 e. The van der Waals surface area contributed by atoms with Crippen molar-refractivity contribution in [3.63, 3.8) is 0 Å². The van der Waals surface area contributed by atoms with Crippen LogP contribution in [0.1, 0.15) is 9.16 Å². The van der Waals surface area contributed by atoms with Gasteiger partial charge >= 0.3 is 5.97 Å². The minimum atomic E-state index is -2.02. The van der Waals surface area contributed by atoms with Gasteiger partial charge in [0.25, 0.3) is 0 Å². The molecule has 0 bridgehead atoms. The van der Waals surface area contributed by atoms with E-state index in [1.54, 1.807) is 0 Å². The molecule has 5 N–H and O–H groups in total. The Hall–Kier alpha value is -1.10. The second-order valence-electron chi connectivity index (χ2n) is 4.05. The average molecular weight is 298 g/mol. The summed E-state index contributed by atoms with van der Waals surface area (Å²) in [5.74, 6) is -3.18. The normalized spacial score (nSPS) is 20.2. The maximum absolute atomic E-state index is 10.9. The van der Waals surface area contributed by atoms with Crippen molar-refractivity contribution in [2.75, 3.05) is 20.8 Å². The van der Waals surface area contributed by atoms with Gasteiger partial charge in [-0.3, -0.25) is 4.79 Å². The number of carboxylic acid groups (broad SMARTS) is 1. The van der Waals surface area contributed by atoms with Crippen molar-refractivity contribution < 1.29 is 47.3 Å². The Labute approximate surface area is 118 Å². The smallest absolute Gasteiger partial charge is 0.372 e. The van der Waals surface area contributed by atoms with Gasteiger partial charge in [-0.1, -0.05) is 0 Å². The molecule has 0 aliphatic carbocycles. The predicted molar refractivity (Wildman–Crippen MR) is 64.0 cm³/mol. The lowest BCUT2D eigenvalue weighted by atomic mass is 9.96. The lowest BCUT2D eigenvalue weighted by Gasteiger charge is -2.30. The maximum atomic E-state index is 10.9. The van der Waals surface area contributed by atoms with Crippen LogP contribution in [0.5, 0.6) is 0 Å². The highest BCUT2D eigenvalue weighted by Crippen LogP contribution is 2.13. The molecule has 0 aromatic rings. The number of hydrogen-bond acceptors (Lipinski definition) is 8. The topological polar surface area (TPSA) is 154 Å². The lowest BCUT2D eigenvalue weighted by Crippen LogP contribution is -2.51. The Morgan fingerprint density at radius 2 is 1.75 bits per heavy atom. The van der Waals surface area contributed by atoms with Gasteiger partial charge in [-0.25, -0.2) is 4.79 Å². The van der Waals surface area contributed by atoms with Crippen LogP contribution in [0, 0.1) is 0 Å². The number of hydrogen-bond donors (Lipinski definition) is 5. The van der Waals surface area contributed by atoms with E-state index >= 15 is 0 Å². The van der Waals surface area contributed by atoms with E-state index in [0.717, 1.165) is 0 Å². The van der Waals surface area contributed by atoms with Crippen molar-refractivity contribution >= 4 is 11.8 Å². The Morgan fingerprint density at radius 1 is 1.10 bits per heavy atom. The zero-order valence-electron chi connectivity index (χ0n) is 12.6. The summed E-state index contributed by atoms with van der Waals surface area (Å²) in [6.45, 7) is -0.350. The molecule has 0 unspecified atom stereocenters. The molecule has 0 aromatic carbocycles.